The van der Waals surface area contributed by atoms with Crippen molar-refractivity contribution in [3.8, 4) is 15.5 Å². The summed E-state index contributed by atoms with van der Waals surface area (Å²) >= 11 is 1.09. The predicted molar refractivity (Wildman–Crippen MR) is 111 cm³/mol. The fraction of sp³-hybridized carbons (Fsp3) is 0.182. The van der Waals surface area contributed by atoms with E-state index in [9.17, 15) is 14.0 Å². The number of carbonyl (C=O) groups is 2. The Morgan fingerprint density at radius 1 is 1.07 bits per heavy atom. The summed E-state index contributed by atoms with van der Waals surface area (Å²) in [6.07, 6.45) is -1.47. The summed E-state index contributed by atoms with van der Waals surface area (Å²) in [5.41, 5.74) is 2.57. The SMILES string of the molecule is Cc1ccc(C(=O)N(c2cc(-c3ccc(F)cc3)sc2OC(=O)O)C(C)C)cc1. The number of aryl methyl sites for hydroxylation is 1. The highest BCUT2D eigenvalue weighted by atomic mass is 32.1. The molecule has 0 radical (unpaired) electrons. The van der Waals surface area contributed by atoms with Crippen LogP contribution in [0.3, 0.4) is 0 Å². The molecule has 0 bridgehead atoms. The van der Waals surface area contributed by atoms with E-state index in [1.54, 1.807) is 30.3 Å². The Hall–Kier alpha value is -3.19. The molecule has 3 aromatic rings. The van der Waals surface area contributed by atoms with Crippen LogP contribution in [0.2, 0.25) is 0 Å². The molecule has 150 valence electrons. The Morgan fingerprint density at radius 2 is 1.69 bits per heavy atom. The molecule has 1 heterocycles. The number of amides is 1. The zero-order chi connectivity index (χ0) is 21.1. The van der Waals surface area contributed by atoms with Gasteiger partial charge in [0.25, 0.3) is 5.91 Å². The van der Waals surface area contributed by atoms with E-state index in [0.717, 1.165) is 16.9 Å². The van der Waals surface area contributed by atoms with Gasteiger partial charge in [0.05, 0.1) is 5.69 Å². The molecule has 0 saturated carbocycles. The van der Waals surface area contributed by atoms with E-state index in [1.165, 1.54) is 17.0 Å². The maximum atomic E-state index is 13.3. The highest BCUT2D eigenvalue weighted by molar-refractivity contribution is 7.18. The molecule has 1 N–H and O–H groups in total. The molecule has 1 aromatic heterocycles. The van der Waals surface area contributed by atoms with Crippen molar-refractivity contribution < 1.29 is 23.8 Å². The number of thiophene rings is 1. The number of halogens is 1. The average molecular weight is 413 g/mol. The van der Waals surface area contributed by atoms with Gasteiger partial charge < -0.3 is 14.7 Å². The van der Waals surface area contributed by atoms with Crippen LogP contribution < -0.4 is 9.64 Å². The van der Waals surface area contributed by atoms with E-state index < -0.39 is 6.16 Å². The van der Waals surface area contributed by atoms with E-state index in [2.05, 4.69) is 0 Å². The van der Waals surface area contributed by atoms with Crippen molar-refractivity contribution in [3.05, 3.63) is 71.5 Å². The normalized spacial score (nSPS) is 10.8. The second-order valence-corrected chi connectivity index (χ2v) is 7.81. The van der Waals surface area contributed by atoms with Gasteiger partial charge in [-0.2, -0.15) is 0 Å². The summed E-state index contributed by atoms with van der Waals surface area (Å²) in [7, 11) is 0. The van der Waals surface area contributed by atoms with Crippen LogP contribution in [0.15, 0.2) is 54.6 Å². The van der Waals surface area contributed by atoms with Gasteiger partial charge in [-0.3, -0.25) is 4.79 Å². The summed E-state index contributed by atoms with van der Waals surface area (Å²) in [5.74, 6) is -0.635. The topological polar surface area (TPSA) is 66.8 Å². The molecular weight excluding hydrogens is 393 g/mol. The highest BCUT2D eigenvalue weighted by Crippen LogP contribution is 2.44. The lowest BCUT2D eigenvalue weighted by Gasteiger charge is -2.26. The third kappa shape index (κ3) is 4.63. The van der Waals surface area contributed by atoms with Crippen molar-refractivity contribution in [2.75, 3.05) is 4.90 Å². The van der Waals surface area contributed by atoms with Crippen molar-refractivity contribution in [2.45, 2.75) is 26.8 Å². The van der Waals surface area contributed by atoms with Gasteiger partial charge in [-0.1, -0.05) is 41.2 Å². The second-order valence-electron chi connectivity index (χ2n) is 6.79. The van der Waals surface area contributed by atoms with Crippen molar-refractivity contribution in [2.24, 2.45) is 0 Å². The highest BCUT2D eigenvalue weighted by Gasteiger charge is 2.27. The van der Waals surface area contributed by atoms with Crippen molar-refractivity contribution in [1.29, 1.82) is 0 Å². The van der Waals surface area contributed by atoms with E-state index in [1.807, 2.05) is 32.9 Å². The Kier molecular flexibility index (Phi) is 5.98. The second kappa shape index (κ2) is 8.45. The van der Waals surface area contributed by atoms with Crippen LogP contribution in [0.4, 0.5) is 14.9 Å². The lowest BCUT2D eigenvalue weighted by atomic mass is 10.1. The molecule has 0 fully saturated rings. The number of anilines is 1. The molecule has 29 heavy (non-hydrogen) atoms. The summed E-state index contributed by atoms with van der Waals surface area (Å²) in [4.78, 5) is 26.6. The fourth-order valence-corrected chi connectivity index (χ4v) is 3.90. The van der Waals surface area contributed by atoms with Crippen molar-refractivity contribution in [3.63, 3.8) is 0 Å². The molecule has 1 amide bonds. The number of rotatable bonds is 5. The molecular formula is C22H20FNO4S. The van der Waals surface area contributed by atoms with Gasteiger partial charge in [0.2, 0.25) is 5.06 Å². The van der Waals surface area contributed by atoms with Gasteiger partial charge in [-0.05, 0) is 56.7 Å². The first kappa shape index (κ1) is 20.5. The first-order chi connectivity index (χ1) is 13.8. The predicted octanol–water partition coefficient (Wildman–Crippen LogP) is 5.97. The Morgan fingerprint density at radius 3 is 2.24 bits per heavy atom. The maximum Gasteiger partial charge on any atom is 0.512 e. The van der Waals surface area contributed by atoms with Crippen LogP contribution in [0.5, 0.6) is 5.06 Å². The third-order valence-electron chi connectivity index (χ3n) is 4.28. The number of carbonyl (C=O) groups excluding carboxylic acids is 1. The first-order valence-corrected chi connectivity index (χ1v) is 9.78. The first-order valence-electron chi connectivity index (χ1n) is 8.97. The Labute approximate surface area is 172 Å². The number of hydrogen-bond acceptors (Lipinski definition) is 4. The van der Waals surface area contributed by atoms with Gasteiger partial charge >= 0.3 is 6.16 Å². The summed E-state index contributed by atoms with van der Waals surface area (Å²) in [6.45, 7) is 5.61. The summed E-state index contributed by atoms with van der Waals surface area (Å²) < 4.78 is 18.2. The van der Waals surface area contributed by atoms with Gasteiger partial charge in [0.1, 0.15) is 5.82 Å². The summed E-state index contributed by atoms with van der Waals surface area (Å²) in [6, 6.07) is 14.4. The zero-order valence-corrected chi connectivity index (χ0v) is 17.0. The minimum absolute atomic E-state index is 0.0889. The quantitative estimate of drug-likeness (QED) is 0.523. The molecule has 0 aliphatic rings. The van der Waals surface area contributed by atoms with E-state index in [-0.39, 0.29) is 22.8 Å². The number of benzene rings is 2. The molecule has 0 saturated heterocycles. The van der Waals surface area contributed by atoms with Crippen molar-refractivity contribution in [1.82, 2.24) is 0 Å². The monoisotopic (exact) mass is 413 g/mol. The Bertz CT molecular complexity index is 1030. The number of carboxylic acid groups (broad SMARTS) is 1. The molecule has 5 nitrogen and oxygen atoms in total. The van der Waals surface area contributed by atoms with Gasteiger partial charge in [-0.25, -0.2) is 9.18 Å². The number of ether oxygens (including phenoxy) is 1. The number of nitrogens with zero attached hydrogens (tertiary/aromatic N) is 1. The van der Waals surface area contributed by atoms with Crippen LogP contribution in [0, 0.1) is 12.7 Å². The van der Waals surface area contributed by atoms with Crippen LogP contribution in [0.1, 0.15) is 29.8 Å². The molecule has 2 aromatic carbocycles. The fourth-order valence-electron chi connectivity index (χ4n) is 2.90. The largest absolute Gasteiger partial charge is 0.512 e. The molecule has 0 unspecified atom stereocenters. The van der Waals surface area contributed by atoms with Crippen molar-refractivity contribution >= 4 is 29.1 Å². The molecule has 0 atom stereocenters. The molecule has 0 aliphatic heterocycles. The zero-order valence-electron chi connectivity index (χ0n) is 16.2. The van der Waals surface area contributed by atoms with E-state index >= 15 is 0 Å². The number of hydrogen-bond donors (Lipinski definition) is 1. The van der Waals surface area contributed by atoms with Crippen LogP contribution >= 0.6 is 11.3 Å². The standard InChI is InChI=1S/C22H20FNO4S/c1-13(2)24(20(25)16-6-4-14(3)5-7-16)18-12-19(29-21(18)28-22(26)27)15-8-10-17(23)11-9-15/h4-13H,1-3H3,(H,26,27). The van der Waals surface area contributed by atoms with Crippen LogP contribution in [-0.4, -0.2) is 23.2 Å². The smallest absolute Gasteiger partial charge is 0.449 e. The minimum Gasteiger partial charge on any atom is -0.449 e. The maximum absolute atomic E-state index is 13.3. The molecule has 7 heteroatoms. The summed E-state index contributed by atoms with van der Waals surface area (Å²) in [5, 5.41) is 9.23. The molecule has 0 spiro atoms. The van der Waals surface area contributed by atoms with Crippen LogP contribution in [-0.2, 0) is 0 Å². The van der Waals surface area contributed by atoms with E-state index in [4.69, 9.17) is 9.84 Å². The molecule has 0 aliphatic carbocycles. The van der Waals surface area contributed by atoms with Crippen LogP contribution in [0.25, 0.3) is 10.4 Å². The van der Waals surface area contributed by atoms with Gasteiger partial charge in [0.15, 0.2) is 0 Å². The third-order valence-corrected chi connectivity index (χ3v) is 5.33. The minimum atomic E-state index is -1.47. The Balaban J connectivity index is 2.08. The van der Waals surface area contributed by atoms with Gasteiger partial charge in [-0.15, -0.1) is 0 Å². The van der Waals surface area contributed by atoms with Gasteiger partial charge in [0, 0.05) is 16.5 Å². The van der Waals surface area contributed by atoms with E-state index in [0.29, 0.717) is 21.7 Å². The lowest BCUT2D eigenvalue weighted by Crippen LogP contribution is -2.37. The molecule has 3 rings (SSSR count). The lowest BCUT2D eigenvalue weighted by molar-refractivity contribution is 0.0978. The average Bonchev–Trinajstić information content (AvgIpc) is 3.05.